The molecule has 21 heavy (non-hydrogen) atoms. The van der Waals surface area contributed by atoms with Crippen LogP contribution < -0.4 is 4.74 Å². The summed E-state index contributed by atoms with van der Waals surface area (Å²) < 4.78 is 11.3. The molecular formula is C16H16BrClO3. The fourth-order valence-corrected chi connectivity index (χ4v) is 2.51. The largest absolute Gasteiger partial charge is 0.490 e. The van der Waals surface area contributed by atoms with E-state index < -0.39 is 6.10 Å². The molecule has 2 aromatic carbocycles. The Morgan fingerprint density at radius 1 is 1.10 bits per heavy atom. The Labute approximate surface area is 137 Å². The van der Waals surface area contributed by atoms with Crippen molar-refractivity contribution in [2.45, 2.75) is 6.10 Å². The lowest BCUT2D eigenvalue weighted by Crippen LogP contribution is -2.05. The van der Waals surface area contributed by atoms with Crippen molar-refractivity contribution in [2.24, 2.45) is 0 Å². The maximum Gasteiger partial charge on any atom is 0.133 e. The van der Waals surface area contributed by atoms with Gasteiger partial charge in [-0.2, -0.15) is 0 Å². The topological polar surface area (TPSA) is 38.7 Å². The lowest BCUT2D eigenvalue weighted by atomic mass is 10.0. The molecule has 0 aliphatic heterocycles. The van der Waals surface area contributed by atoms with Gasteiger partial charge in [-0.25, -0.2) is 0 Å². The van der Waals surface area contributed by atoms with Gasteiger partial charge in [-0.3, -0.25) is 0 Å². The van der Waals surface area contributed by atoms with Crippen LogP contribution in [0.25, 0.3) is 0 Å². The van der Waals surface area contributed by atoms with E-state index in [0.717, 1.165) is 21.3 Å². The summed E-state index contributed by atoms with van der Waals surface area (Å²) in [6.07, 6.45) is -0.702. The fourth-order valence-electron chi connectivity index (χ4n) is 1.88. The third-order valence-corrected chi connectivity index (χ3v) is 3.87. The number of benzene rings is 2. The highest BCUT2D eigenvalue weighted by Gasteiger charge is 2.12. The Morgan fingerprint density at radius 2 is 1.76 bits per heavy atom. The van der Waals surface area contributed by atoms with Gasteiger partial charge in [-0.1, -0.05) is 29.8 Å². The van der Waals surface area contributed by atoms with Gasteiger partial charge in [-0.05, 0) is 51.3 Å². The van der Waals surface area contributed by atoms with E-state index in [1.54, 1.807) is 19.2 Å². The average Bonchev–Trinajstić information content (AvgIpc) is 2.49. The smallest absolute Gasteiger partial charge is 0.133 e. The average molecular weight is 372 g/mol. The fraction of sp³-hybridized carbons (Fsp3) is 0.250. The summed E-state index contributed by atoms with van der Waals surface area (Å²) in [5.41, 5.74) is 1.57. The third-order valence-electron chi connectivity index (χ3n) is 3.00. The molecule has 3 nitrogen and oxygen atoms in total. The second kappa shape index (κ2) is 7.80. The first-order chi connectivity index (χ1) is 10.1. The number of ether oxygens (including phenoxy) is 2. The van der Waals surface area contributed by atoms with Crippen LogP contribution in [-0.4, -0.2) is 25.4 Å². The summed E-state index contributed by atoms with van der Waals surface area (Å²) in [7, 11) is 1.63. The molecule has 0 saturated carbocycles. The lowest BCUT2D eigenvalue weighted by Gasteiger charge is -2.14. The van der Waals surface area contributed by atoms with Crippen molar-refractivity contribution in [2.75, 3.05) is 20.3 Å². The van der Waals surface area contributed by atoms with Gasteiger partial charge in [0, 0.05) is 12.1 Å². The standard InChI is InChI=1S/C16H16BrClO3/c1-20-8-9-21-15-7-4-12(10-14(15)17)16(19)11-2-5-13(18)6-3-11/h2-7,10,16,19H,8-9H2,1H3. The van der Waals surface area contributed by atoms with Crippen molar-refractivity contribution >= 4 is 27.5 Å². The molecule has 2 aromatic rings. The molecule has 0 amide bonds. The van der Waals surface area contributed by atoms with Crippen molar-refractivity contribution in [3.05, 3.63) is 63.1 Å². The molecule has 0 aliphatic carbocycles. The molecule has 0 aliphatic rings. The molecule has 0 bridgehead atoms. The van der Waals surface area contributed by atoms with Crippen LogP contribution in [0.5, 0.6) is 5.75 Å². The van der Waals surface area contributed by atoms with E-state index in [-0.39, 0.29) is 0 Å². The van der Waals surface area contributed by atoms with Gasteiger partial charge >= 0.3 is 0 Å². The molecule has 1 unspecified atom stereocenters. The quantitative estimate of drug-likeness (QED) is 0.773. The Balaban J connectivity index is 2.13. The normalized spacial score (nSPS) is 12.2. The van der Waals surface area contributed by atoms with E-state index in [1.807, 2.05) is 30.3 Å². The molecule has 112 valence electrons. The summed E-state index contributed by atoms with van der Waals surface area (Å²) in [4.78, 5) is 0. The van der Waals surface area contributed by atoms with Crippen LogP contribution in [0, 0.1) is 0 Å². The molecule has 5 heteroatoms. The molecule has 0 radical (unpaired) electrons. The first-order valence-corrected chi connectivity index (χ1v) is 7.63. The van der Waals surface area contributed by atoms with Crippen LogP contribution in [0.2, 0.25) is 5.02 Å². The lowest BCUT2D eigenvalue weighted by molar-refractivity contribution is 0.146. The molecule has 0 heterocycles. The number of rotatable bonds is 6. The monoisotopic (exact) mass is 370 g/mol. The zero-order chi connectivity index (χ0) is 15.2. The number of hydrogen-bond donors (Lipinski definition) is 1. The van der Waals surface area contributed by atoms with Gasteiger partial charge in [0.2, 0.25) is 0 Å². The van der Waals surface area contributed by atoms with Crippen LogP contribution in [0.1, 0.15) is 17.2 Å². The number of aliphatic hydroxyl groups excluding tert-OH is 1. The van der Waals surface area contributed by atoms with Crippen LogP contribution in [0.4, 0.5) is 0 Å². The molecule has 1 atom stereocenters. The van der Waals surface area contributed by atoms with Gasteiger partial charge < -0.3 is 14.6 Å². The maximum absolute atomic E-state index is 10.4. The molecule has 2 rings (SSSR count). The third kappa shape index (κ3) is 4.45. The van der Waals surface area contributed by atoms with Gasteiger partial charge in [0.1, 0.15) is 18.5 Å². The van der Waals surface area contributed by atoms with Crippen LogP contribution in [-0.2, 0) is 4.74 Å². The van der Waals surface area contributed by atoms with Crippen molar-refractivity contribution < 1.29 is 14.6 Å². The number of aliphatic hydroxyl groups is 1. The predicted molar refractivity (Wildman–Crippen MR) is 87.0 cm³/mol. The summed E-state index contributed by atoms with van der Waals surface area (Å²) >= 11 is 9.31. The number of halogens is 2. The van der Waals surface area contributed by atoms with Crippen molar-refractivity contribution in [1.82, 2.24) is 0 Å². The Kier molecular flexibility index (Phi) is 6.06. The Hall–Kier alpha value is -1.07. The highest BCUT2D eigenvalue weighted by Crippen LogP contribution is 2.31. The molecule has 1 N–H and O–H groups in total. The SMILES string of the molecule is COCCOc1ccc(C(O)c2ccc(Cl)cc2)cc1Br. The van der Waals surface area contributed by atoms with Gasteiger partial charge in [0.15, 0.2) is 0 Å². The first-order valence-electron chi connectivity index (χ1n) is 6.46. The maximum atomic E-state index is 10.4. The highest BCUT2D eigenvalue weighted by atomic mass is 79.9. The molecule has 0 spiro atoms. The minimum absolute atomic E-state index is 0.480. The van der Waals surface area contributed by atoms with E-state index in [0.29, 0.717) is 18.2 Å². The van der Waals surface area contributed by atoms with E-state index in [9.17, 15) is 5.11 Å². The summed E-state index contributed by atoms with van der Waals surface area (Å²) in [6.45, 7) is 1.01. The Bertz CT molecular complexity index is 587. The zero-order valence-electron chi connectivity index (χ0n) is 11.6. The van der Waals surface area contributed by atoms with E-state index >= 15 is 0 Å². The first kappa shape index (κ1) is 16.3. The van der Waals surface area contributed by atoms with Crippen LogP contribution in [0.3, 0.4) is 0 Å². The molecule has 0 saturated heterocycles. The Morgan fingerprint density at radius 3 is 2.38 bits per heavy atom. The van der Waals surface area contributed by atoms with E-state index in [1.165, 1.54) is 0 Å². The van der Waals surface area contributed by atoms with E-state index in [4.69, 9.17) is 21.1 Å². The van der Waals surface area contributed by atoms with Crippen LogP contribution >= 0.6 is 27.5 Å². The van der Waals surface area contributed by atoms with Crippen molar-refractivity contribution in [1.29, 1.82) is 0 Å². The zero-order valence-corrected chi connectivity index (χ0v) is 13.9. The van der Waals surface area contributed by atoms with Gasteiger partial charge in [0.05, 0.1) is 11.1 Å². The van der Waals surface area contributed by atoms with E-state index in [2.05, 4.69) is 15.9 Å². The second-order valence-electron chi connectivity index (χ2n) is 4.49. The minimum atomic E-state index is -0.702. The summed E-state index contributed by atoms with van der Waals surface area (Å²) in [5.74, 6) is 0.721. The van der Waals surface area contributed by atoms with Crippen LogP contribution in [0.15, 0.2) is 46.9 Å². The number of hydrogen-bond acceptors (Lipinski definition) is 3. The minimum Gasteiger partial charge on any atom is -0.490 e. The summed E-state index contributed by atoms with van der Waals surface area (Å²) in [5, 5.41) is 11.0. The van der Waals surface area contributed by atoms with Crippen molar-refractivity contribution in [3.8, 4) is 5.75 Å². The van der Waals surface area contributed by atoms with Gasteiger partial charge in [0.25, 0.3) is 0 Å². The molecule has 0 aromatic heterocycles. The predicted octanol–water partition coefficient (Wildman–Crippen LogP) is 4.21. The van der Waals surface area contributed by atoms with Gasteiger partial charge in [-0.15, -0.1) is 0 Å². The summed E-state index contributed by atoms with van der Waals surface area (Å²) in [6, 6.07) is 12.7. The number of methoxy groups -OCH3 is 1. The van der Waals surface area contributed by atoms with Crippen molar-refractivity contribution in [3.63, 3.8) is 0 Å². The second-order valence-corrected chi connectivity index (χ2v) is 5.78. The highest BCUT2D eigenvalue weighted by molar-refractivity contribution is 9.10. The molecule has 0 fully saturated rings. The molecular weight excluding hydrogens is 356 g/mol.